The number of nitrogens with two attached hydrogens (primary N) is 1. The summed E-state index contributed by atoms with van der Waals surface area (Å²) in [4.78, 5) is 4.88. The Morgan fingerprint density at radius 1 is 1.38 bits per heavy atom. The molecule has 0 saturated carbocycles. The van der Waals surface area contributed by atoms with E-state index in [2.05, 4.69) is 38.3 Å². The summed E-state index contributed by atoms with van der Waals surface area (Å²) in [6.07, 6.45) is 1.12. The molecule has 1 aliphatic heterocycles. The lowest BCUT2D eigenvalue weighted by Gasteiger charge is -2.27. The first-order chi connectivity index (χ1) is 9.88. The van der Waals surface area contributed by atoms with E-state index < -0.39 is 0 Å². The highest BCUT2D eigenvalue weighted by Crippen LogP contribution is 2.35. The van der Waals surface area contributed by atoms with Crippen molar-refractivity contribution in [3.63, 3.8) is 0 Å². The molecule has 2 atom stereocenters. The SMILES string of the molecule is CC(C1CCOC1)n1c(C(C)(C)C)nc2cc(N)ccc21. The van der Waals surface area contributed by atoms with Crippen molar-refractivity contribution in [3.8, 4) is 0 Å². The molecule has 0 radical (unpaired) electrons. The van der Waals surface area contributed by atoms with Crippen LogP contribution in [0.15, 0.2) is 18.2 Å². The van der Waals surface area contributed by atoms with E-state index in [1.807, 2.05) is 12.1 Å². The molecular weight excluding hydrogens is 262 g/mol. The van der Waals surface area contributed by atoms with Crippen LogP contribution in [0.5, 0.6) is 0 Å². The lowest BCUT2D eigenvalue weighted by Crippen LogP contribution is -2.25. The molecule has 1 fully saturated rings. The summed E-state index contributed by atoms with van der Waals surface area (Å²) in [5, 5.41) is 0. The first-order valence-corrected chi connectivity index (χ1v) is 7.73. The summed E-state index contributed by atoms with van der Waals surface area (Å²) in [5.41, 5.74) is 8.86. The van der Waals surface area contributed by atoms with E-state index in [1.165, 1.54) is 5.52 Å². The van der Waals surface area contributed by atoms with Crippen molar-refractivity contribution in [1.29, 1.82) is 0 Å². The van der Waals surface area contributed by atoms with Crippen LogP contribution in [0, 0.1) is 5.92 Å². The molecule has 4 nitrogen and oxygen atoms in total. The molecule has 0 spiro atoms. The summed E-state index contributed by atoms with van der Waals surface area (Å²) < 4.78 is 7.98. The fraction of sp³-hybridized carbons (Fsp3) is 0.588. The van der Waals surface area contributed by atoms with E-state index in [-0.39, 0.29) is 5.41 Å². The second kappa shape index (κ2) is 5.02. The minimum absolute atomic E-state index is 0.00149. The molecular formula is C17H25N3O. The Bertz CT molecular complexity index is 648. The Morgan fingerprint density at radius 3 is 2.76 bits per heavy atom. The molecule has 21 heavy (non-hydrogen) atoms. The standard InChI is InChI=1S/C17H25N3O/c1-11(12-7-8-21-10-12)20-15-6-5-13(18)9-14(15)19-16(20)17(2,3)4/h5-6,9,11-12H,7-8,10,18H2,1-4H3. The first-order valence-electron chi connectivity index (χ1n) is 7.73. The van der Waals surface area contributed by atoms with Crippen molar-refractivity contribution in [2.24, 2.45) is 5.92 Å². The molecule has 1 aromatic heterocycles. The molecule has 4 heteroatoms. The molecule has 2 unspecified atom stereocenters. The largest absolute Gasteiger partial charge is 0.399 e. The predicted octanol–water partition coefficient (Wildman–Crippen LogP) is 3.51. The van der Waals surface area contributed by atoms with Gasteiger partial charge < -0.3 is 15.0 Å². The number of imidazole rings is 1. The normalized spacial score (nSPS) is 21.0. The Balaban J connectivity index is 2.17. The van der Waals surface area contributed by atoms with E-state index in [0.29, 0.717) is 12.0 Å². The molecule has 0 amide bonds. The van der Waals surface area contributed by atoms with Gasteiger partial charge in [0.05, 0.1) is 17.6 Å². The number of rotatable bonds is 2. The molecule has 1 saturated heterocycles. The highest BCUT2D eigenvalue weighted by atomic mass is 16.5. The molecule has 3 rings (SSSR count). The number of anilines is 1. The van der Waals surface area contributed by atoms with E-state index in [1.54, 1.807) is 0 Å². The average Bonchev–Trinajstić information content (AvgIpc) is 3.03. The monoisotopic (exact) mass is 287 g/mol. The van der Waals surface area contributed by atoms with Crippen LogP contribution < -0.4 is 5.73 Å². The van der Waals surface area contributed by atoms with Gasteiger partial charge in [-0.15, -0.1) is 0 Å². The maximum atomic E-state index is 5.92. The lowest BCUT2D eigenvalue weighted by molar-refractivity contribution is 0.174. The third kappa shape index (κ3) is 2.53. The minimum Gasteiger partial charge on any atom is -0.399 e. The first kappa shape index (κ1) is 14.4. The van der Waals surface area contributed by atoms with E-state index in [0.717, 1.165) is 36.7 Å². The van der Waals surface area contributed by atoms with Crippen molar-refractivity contribution in [2.45, 2.75) is 45.6 Å². The van der Waals surface area contributed by atoms with Gasteiger partial charge in [0, 0.05) is 29.7 Å². The van der Waals surface area contributed by atoms with Gasteiger partial charge in [-0.25, -0.2) is 4.98 Å². The molecule has 2 aromatic rings. The quantitative estimate of drug-likeness (QED) is 0.860. The molecule has 0 bridgehead atoms. The van der Waals surface area contributed by atoms with Gasteiger partial charge in [-0.05, 0) is 31.5 Å². The van der Waals surface area contributed by atoms with Crippen LogP contribution in [0.25, 0.3) is 11.0 Å². The molecule has 1 aliphatic rings. The van der Waals surface area contributed by atoms with Crippen molar-refractivity contribution in [1.82, 2.24) is 9.55 Å². The average molecular weight is 287 g/mol. The third-order valence-corrected chi connectivity index (χ3v) is 4.44. The van der Waals surface area contributed by atoms with Crippen LogP contribution in [-0.2, 0) is 10.2 Å². The minimum atomic E-state index is 0.00149. The summed E-state index contributed by atoms with van der Waals surface area (Å²) >= 11 is 0. The van der Waals surface area contributed by atoms with Gasteiger partial charge in [0.2, 0.25) is 0 Å². The second-order valence-corrected chi connectivity index (χ2v) is 7.17. The Morgan fingerprint density at radius 2 is 2.14 bits per heavy atom. The summed E-state index contributed by atoms with van der Waals surface area (Å²) in [7, 11) is 0. The van der Waals surface area contributed by atoms with Crippen molar-refractivity contribution in [3.05, 3.63) is 24.0 Å². The number of hydrogen-bond donors (Lipinski definition) is 1. The van der Waals surface area contributed by atoms with Crippen LogP contribution in [0.2, 0.25) is 0 Å². The number of benzene rings is 1. The number of nitrogen functional groups attached to an aromatic ring is 1. The van der Waals surface area contributed by atoms with Crippen LogP contribution in [-0.4, -0.2) is 22.8 Å². The van der Waals surface area contributed by atoms with Gasteiger partial charge >= 0.3 is 0 Å². The third-order valence-electron chi connectivity index (χ3n) is 4.44. The molecule has 2 N–H and O–H groups in total. The fourth-order valence-corrected chi connectivity index (χ4v) is 3.20. The lowest BCUT2D eigenvalue weighted by atomic mass is 9.93. The van der Waals surface area contributed by atoms with Gasteiger partial charge in [-0.2, -0.15) is 0 Å². The summed E-state index contributed by atoms with van der Waals surface area (Å²) in [5.74, 6) is 1.68. The highest BCUT2D eigenvalue weighted by molar-refractivity contribution is 5.80. The van der Waals surface area contributed by atoms with Crippen LogP contribution in [0.4, 0.5) is 5.69 Å². The highest BCUT2D eigenvalue weighted by Gasteiger charge is 2.30. The molecule has 1 aromatic carbocycles. The van der Waals surface area contributed by atoms with Gasteiger partial charge in [-0.3, -0.25) is 0 Å². The number of fused-ring (bicyclic) bond motifs is 1. The van der Waals surface area contributed by atoms with Crippen molar-refractivity contribution in [2.75, 3.05) is 18.9 Å². The van der Waals surface area contributed by atoms with Gasteiger partial charge in [0.15, 0.2) is 0 Å². The Labute approximate surface area is 126 Å². The summed E-state index contributed by atoms with van der Waals surface area (Å²) in [6.45, 7) is 10.6. The van der Waals surface area contributed by atoms with E-state index in [9.17, 15) is 0 Å². The van der Waals surface area contributed by atoms with Crippen molar-refractivity contribution >= 4 is 16.7 Å². The predicted molar refractivity (Wildman–Crippen MR) is 86.5 cm³/mol. The van der Waals surface area contributed by atoms with E-state index >= 15 is 0 Å². The van der Waals surface area contributed by atoms with Crippen LogP contribution in [0.3, 0.4) is 0 Å². The fourth-order valence-electron chi connectivity index (χ4n) is 3.20. The Kier molecular flexibility index (Phi) is 3.44. The number of hydrogen-bond acceptors (Lipinski definition) is 3. The van der Waals surface area contributed by atoms with Crippen LogP contribution in [0.1, 0.15) is 46.0 Å². The Hall–Kier alpha value is -1.55. The molecule has 2 heterocycles. The van der Waals surface area contributed by atoms with Crippen molar-refractivity contribution < 1.29 is 4.74 Å². The smallest absolute Gasteiger partial charge is 0.115 e. The zero-order chi connectivity index (χ0) is 15.2. The second-order valence-electron chi connectivity index (χ2n) is 7.17. The summed E-state index contributed by atoms with van der Waals surface area (Å²) in [6, 6.07) is 6.42. The topological polar surface area (TPSA) is 53.1 Å². The maximum Gasteiger partial charge on any atom is 0.115 e. The van der Waals surface area contributed by atoms with Gasteiger partial charge in [0.25, 0.3) is 0 Å². The van der Waals surface area contributed by atoms with E-state index in [4.69, 9.17) is 15.5 Å². The molecule has 114 valence electrons. The van der Waals surface area contributed by atoms with Gasteiger partial charge in [-0.1, -0.05) is 20.8 Å². The maximum absolute atomic E-state index is 5.92. The number of ether oxygens (including phenoxy) is 1. The zero-order valence-electron chi connectivity index (χ0n) is 13.4. The number of nitrogens with zero attached hydrogens (tertiary/aromatic N) is 2. The van der Waals surface area contributed by atoms with Crippen LogP contribution >= 0.6 is 0 Å². The molecule has 0 aliphatic carbocycles. The van der Waals surface area contributed by atoms with Gasteiger partial charge in [0.1, 0.15) is 5.82 Å². The number of aromatic nitrogens is 2. The zero-order valence-corrected chi connectivity index (χ0v) is 13.4.